The lowest BCUT2D eigenvalue weighted by molar-refractivity contribution is 0.0946. The molecule has 0 fully saturated rings. The van der Waals surface area contributed by atoms with Gasteiger partial charge in [0.15, 0.2) is 0 Å². The second kappa shape index (κ2) is 8.35. The summed E-state index contributed by atoms with van der Waals surface area (Å²) in [5.41, 5.74) is 4.51. The first-order chi connectivity index (χ1) is 14.3. The fourth-order valence-electron chi connectivity index (χ4n) is 3.05. The number of carbonyl (C=O) groups is 1. The Hall–Kier alpha value is -4.00. The van der Waals surface area contributed by atoms with Crippen molar-refractivity contribution >= 4 is 5.91 Å². The number of carbonyl (C=O) groups excluding carboxylic acids is 1. The van der Waals surface area contributed by atoms with Gasteiger partial charge in [-0.3, -0.25) is 19.9 Å². The zero-order valence-corrected chi connectivity index (χ0v) is 15.8. The molecule has 7 nitrogen and oxygen atoms in total. The molecule has 0 saturated carbocycles. The van der Waals surface area contributed by atoms with Crippen LogP contribution >= 0.6 is 0 Å². The van der Waals surface area contributed by atoms with E-state index in [4.69, 9.17) is 4.74 Å². The van der Waals surface area contributed by atoms with Gasteiger partial charge in [-0.05, 0) is 42.0 Å². The zero-order valence-electron chi connectivity index (χ0n) is 15.8. The number of benzene rings is 1. The van der Waals surface area contributed by atoms with E-state index in [1.807, 2.05) is 48.5 Å². The lowest BCUT2D eigenvalue weighted by Crippen LogP contribution is -2.23. The Morgan fingerprint density at radius 3 is 2.72 bits per heavy atom. The highest BCUT2D eigenvalue weighted by Gasteiger charge is 2.14. The third-order valence-corrected chi connectivity index (χ3v) is 4.49. The molecular weight excluding hydrogens is 366 g/mol. The number of hydrogen-bond acceptors (Lipinski definition) is 5. The molecule has 0 aliphatic rings. The van der Waals surface area contributed by atoms with Crippen LogP contribution in [-0.4, -0.2) is 33.2 Å². The largest absolute Gasteiger partial charge is 0.496 e. The van der Waals surface area contributed by atoms with Crippen LogP contribution in [0.25, 0.3) is 22.5 Å². The predicted octanol–water partition coefficient (Wildman–Crippen LogP) is 3.47. The van der Waals surface area contributed by atoms with E-state index < -0.39 is 0 Å². The van der Waals surface area contributed by atoms with Crippen molar-refractivity contribution in [1.29, 1.82) is 0 Å². The van der Waals surface area contributed by atoms with Gasteiger partial charge in [0.1, 0.15) is 11.4 Å². The Kier molecular flexibility index (Phi) is 5.29. The molecule has 1 amide bonds. The number of ether oxygens (including phenoxy) is 1. The SMILES string of the molecule is COc1ccccc1-c1cc(C(=O)NCc2cccnc2-c2ccncc2)[nH]n1. The van der Waals surface area contributed by atoms with Crippen molar-refractivity contribution in [3.8, 4) is 28.3 Å². The average Bonchev–Trinajstić information content (AvgIpc) is 3.28. The number of nitrogens with one attached hydrogen (secondary N) is 2. The van der Waals surface area contributed by atoms with E-state index in [0.717, 1.165) is 22.4 Å². The van der Waals surface area contributed by atoms with Gasteiger partial charge in [-0.15, -0.1) is 0 Å². The molecule has 29 heavy (non-hydrogen) atoms. The van der Waals surface area contributed by atoms with Crippen LogP contribution in [0.3, 0.4) is 0 Å². The first-order valence-corrected chi connectivity index (χ1v) is 9.07. The average molecular weight is 385 g/mol. The van der Waals surface area contributed by atoms with Crippen molar-refractivity contribution in [2.75, 3.05) is 7.11 Å². The summed E-state index contributed by atoms with van der Waals surface area (Å²) in [5.74, 6) is 0.450. The Morgan fingerprint density at radius 1 is 1.07 bits per heavy atom. The minimum absolute atomic E-state index is 0.247. The molecule has 0 aliphatic carbocycles. The van der Waals surface area contributed by atoms with Crippen molar-refractivity contribution in [3.63, 3.8) is 0 Å². The van der Waals surface area contributed by atoms with Crippen LogP contribution in [0.15, 0.2) is 73.2 Å². The van der Waals surface area contributed by atoms with Crippen LogP contribution < -0.4 is 10.1 Å². The highest BCUT2D eigenvalue weighted by atomic mass is 16.5. The zero-order chi connectivity index (χ0) is 20.1. The van der Waals surface area contributed by atoms with E-state index in [2.05, 4.69) is 25.5 Å². The molecule has 3 aromatic heterocycles. The normalized spacial score (nSPS) is 10.5. The van der Waals surface area contributed by atoms with Gasteiger partial charge < -0.3 is 10.1 Å². The van der Waals surface area contributed by atoms with Gasteiger partial charge >= 0.3 is 0 Å². The van der Waals surface area contributed by atoms with E-state index in [-0.39, 0.29) is 5.91 Å². The summed E-state index contributed by atoms with van der Waals surface area (Å²) in [6.07, 6.45) is 5.17. The second-order valence-electron chi connectivity index (χ2n) is 6.30. The predicted molar refractivity (Wildman–Crippen MR) is 109 cm³/mol. The Bertz CT molecular complexity index is 1120. The molecule has 1 aromatic carbocycles. The number of aromatic amines is 1. The van der Waals surface area contributed by atoms with Crippen molar-refractivity contribution in [2.45, 2.75) is 6.54 Å². The lowest BCUT2D eigenvalue weighted by Gasteiger charge is -2.09. The third-order valence-electron chi connectivity index (χ3n) is 4.49. The van der Waals surface area contributed by atoms with E-state index in [1.54, 1.807) is 31.8 Å². The highest BCUT2D eigenvalue weighted by Crippen LogP contribution is 2.28. The Morgan fingerprint density at radius 2 is 1.90 bits per heavy atom. The monoisotopic (exact) mass is 385 g/mol. The van der Waals surface area contributed by atoms with Crippen LogP contribution in [0.1, 0.15) is 16.1 Å². The van der Waals surface area contributed by atoms with E-state index in [0.29, 0.717) is 23.7 Å². The summed E-state index contributed by atoms with van der Waals surface area (Å²) in [4.78, 5) is 21.1. The van der Waals surface area contributed by atoms with Crippen LogP contribution in [-0.2, 0) is 6.54 Å². The van der Waals surface area contributed by atoms with Gasteiger partial charge in [-0.2, -0.15) is 5.10 Å². The maximum atomic E-state index is 12.6. The standard InChI is InChI=1S/C22H19N5O2/c1-29-20-7-3-2-6-17(20)18-13-19(27-26-18)22(28)25-14-16-5-4-10-24-21(16)15-8-11-23-12-9-15/h2-13H,14H2,1H3,(H,25,28)(H,26,27). The number of nitrogens with zero attached hydrogens (tertiary/aromatic N) is 3. The first kappa shape index (κ1) is 18.4. The summed E-state index contributed by atoms with van der Waals surface area (Å²) in [6.45, 7) is 0.341. The fourth-order valence-corrected chi connectivity index (χ4v) is 3.05. The van der Waals surface area contributed by atoms with Crippen molar-refractivity contribution in [2.24, 2.45) is 0 Å². The molecule has 4 rings (SSSR count). The van der Waals surface area contributed by atoms with Crippen molar-refractivity contribution < 1.29 is 9.53 Å². The number of methoxy groups -OCH3 is 1. The first-order valence-electron chi connectivity index (χ1n) is 9.07. The summed E-state index contributed by atoms with van der Waals surface area (Å²) < 4.78 is 5.36. The van der Waals surface area contributed by atoms with Gasteiger partial charge in [0.05, 0.1) is 18.5 Å². The van der Waals surface area contributed by atoms with Gasteiger partial charge in [0, 0.05) is 36.3 Å². The highest BCUT2D eigenvalue weighted by molar-refractivity contribution is 5.93. The number of aromatic nitrogens is 4. The lowest BCUT2D eigenvalue weighted by atomic mass is 10.1. The minimum Gasteiger partial charge on any atom is -0.496 e. The second-order valence-corrected chi connectivity index (χ2v) is 6.30. The number of pyridine rings is 2. The number of para-hydroxylation sites is 1. The fraction of sp³-hybridized carbons (Fsp3) is 0.0909. The van der Waals surface area contributed by atoms with Crippen LogP contribution in [0, 0.1) is 0 Å². The molecule has 0 bridgehead atoms. The van der Waals surface area contributed by atoms with E-state index >= 15 is 0 Å². The number of H-pyrrole nitrogens is 1. The molecule has 4 aromatic rings. The molecule has 0 unspecified atom stereocenters. The van der Waals surface area contributed by atoms with E-state index in [1.165, 1.54) is 0 Å². The summed E-state index contributed by atoms with van der Waals surface area (Å²) >= 11 is 0. The Labute approximate surface area is 167 Å². The smallest absolute Gasteiger partial charge is 0.269 e. The number of amides is 1. The van der Waals surface area contributed by atoms with Gasteiger partial charge in [0.25, 0.3) is 5.91 Å². The van der Waals surface area contributed by atoms with E-state index in [9.17, 15) is 4.79 Å². The van der Waals surface area contributed by atoms with Crippen LogP contribution in [0.4, 0.5) is 0 Å². The topological polar surface area (TPSA) is 92.8 Å². The van der Waals surface area contributed by atoms with Crippen molar-refractivity contribution in [1.82, 2.24) is 25.5 Å². The minimum atomic E-state index is -0.247. The molecule has 0 radical (unpaired) electrons. The van der Waals surface area contributed by atoms with Crippen LogP contribution in [0.5, 0.6) is 5.75 Å². The molecular formula is C22H19N5O2. The maximum absolute atomic E-state index is 12.6. The van der Waals surface area contributed by atoms with Crippen molar-refractivity contribution in [3.05, 3.63) is 84.4 Å². The molecule has 0 spiro atoms. The molecule has 0 aliphatic heterocycles. The molecule has 0 saturated heterocycles. The Balaban J connectivity index is 1.50. The summed E-state index contributed by atoms with van der Waals surface area (Å²) in [6, 6.07) is 16.8. The summed E-state index contributed by atoms with van der Waals surface area (Å²) in [7, 11) is 1.60. The molecule has 2 N–H and O–H groups in total. The van der Waals surface area contributed by atoms with Gasteiger partial charge in [0.2, 0.25) is 0 Å². The molecule has 3 heterocycles. The van der Waals surface area contributed by atoms with Gasteiger partial charge in [-0.1, -0.05) is 18.2 Å². The molecule has 7 heteroatoms. The van der Waals surface area contributed by atoms with Gasteiger partial charge in [-0.25, -0.2) is 0 Å². The van der Waals surface area contributed by atoms with Crippen LogP contribution in [0.2, 0.25) is 0 Å². The molecule has 0 atom stereocenters. The summed E-state index contributed by atoms with van der Waals surface area (Å²) in [5, 5.41) is 9.97. The number of rotatable bonds is 6. The third kappa shape index (κ3) is 3.98. The quantitative estimate of drug-likeness (QED) is 0.530. The molecule has 144 valence electrons. The maximum Gasteiger partial charge on any atom is 0.269 e. The number of hydrogen-bond donors (Lipinski definition) is 2.